The molecule has 21 nitrogen and oxygen atoms in total. The number of hydrogen-bond donors (Lipinski definition) is 7. The van der Waals surface area contributed by atoms with Crippen LogP contribution in [0.1, 0.15) is 102 Å². The maximum absolute atomic E-state index is 13.0. The number of nitrogens with two attached hydrogens (primary N) is 2. The Bertz CT molecular complexity index is 2860. The number of fused-ring (bicyclic) bond motifs is 4. The van der Waals surface area contributed by atoms with Gasteiger partial charge in [0.05, 0.1) is 54.5 Å². The van der Waals surface area contributed by atoms with Crippen LogP contribution in [0.25, 0.3) is 33.1 Å². The summed E-state index contributed by atoms with van der Waals surface area (Å²) >= 11 is 0. The van der Waals surface area contributed by atoms with E-state index in [1.54, 1.807) is 12.1 Å². The van der Waals surface area contributed by atoms with Crippen LogP contribution in [0.4, 0.5) is 22.2 Å². The molecule has 2 unspecified atom stereocenters. The highest BCUT2D eigenvalue weighted by Gasteiger charge is 2.31. The van der Waals surface area contributed by atoms with Gasteiger partial charge in [-0.25, -0.2) is 29.5 Å². The lowest BCUT2D eigenvalue weighted by Crippen LogP contribution is -2.51. The monoisotopic (exact) mass is 936 g/mol. The Balaban J connectivity index is 0.937. The number of pyridine rings is 1. The molecular weight excluding hydrogens is 877 g/mol. The van der Waals surface area contributed by atoms with Crippen LogP contribution in [0.5, 0.6) is 0 Å². The number of aromatic nitrogens is 7. The Kier molecular flexibility index (Phi) is 15.7. The van der Waals surface area contributed by atoms with Crippen molar-refractivity contribution in [2.75, 3.05) is 24.7 Å². The second-order valence-electron chi connectivity index (χ2n) is 18.4. The van der Waals surface area contributed by atoms with Gasteiger partial charge in [-0.1, -0.05) is 31.5 Å². The molecule has 4 heterocycles. The summed E-state index contributed by atoms with van der Waals surface area (Å²) in [5.74, 6) is -0.796. The van der Waals surface area contributed by atoms with E-state index in [1.807, 2.05) is 65.8 Å². The molecule has 0 aliphatic carbocycles. The Morgan fingerprint density at radius 2 is 1.69 bits per heavy atom. The molecule has 9 N–H and O–H groups in total. The average Bonchev–Trinajstić information content (AvgIpc) is 3.63. The van der Waals surface area contributed by atoms with E-state index in [0.29, 0.717) is 30.0 Å². The second kappa shape index (κ2) is 21.2. The lowest BCUT2D eigenvalue weighted by molar-refractivity contribution is -0.139. The van der Waals surface area contributed by atoms with Gasteiger partial charge in [0.15, 0.2) is 17.0 Å². The number of aliphatic imine (C=N–C) groups is 1. The molecule has 0 bridgehead atoms. The number of imidazole rings is 1. The van der Waals surface area contributed by atoms with Crippen molar-refractivity contribution >= 4 is 74.8 Å². The van der Waals surface area contributed by atoms with Gasteiger partial charge < -0.3 is 45.8 Å². The maximum atomic E-state index is 13.0. The lowest BCUT2D eigenvalue weighted by Gasteiger charge is -2.34. The summed E-state index contributed by atoms with van der Waals surface area (Å²) in [7, 11) is 0. The predicted molar refractivity (Wildman–Crippen MR) is 257 cm³/mol. The van der Waals surface area contributed by atoms with Crippen LogP contribution in [-0.2, 0) is 32.0 Å². The number of carbonyl (C=O) groups excluding carboxylic acids is 2. The standard InChI is InChI=1S/C47H60N12O9/c1-8-9-14-33-55-35-37(30-12-10-11-13-31(30)53-38(35)48)59(33)25-47(6,7)68-44(65)66-22-21-46(4,5)67-26-45(2,3)58-34(60)20-19-32(42(63)64)54-40(61)27-15-17-28(18-16-27)50-23-29-24-51-39-36(52-29)41(62)57-43(49)56-39/h10-13,15-18,23-24,32,34,58,60H,8-9,14,19-22,25-26H2,1-7H3,(H2,48,53)(H,54,61)(H,63,64)(H3,49,51,56,57,62). The number of rotatable bonds is 22. The number of ether oxygens (including phenoxy) is 3. The van der Waals surface area contributed by atoms with E-state index in [4.69, 9.17) is 30.7 Å². The molecule has 68 heavy (non-hydrogen) atoms. The number of para-hydroxylation sites is 1. The van der Waals surface area contributed by atoms with Crippen LogP contribution in [-0.4, -0.2) is 111 Å². The van der Waals surface area contributed by atoms with Gasteiger partial charge in [-0.15, -0.1) is 0 Å². The van der Waals surface area contributed by atoms with E-state index >= 15 is 0 Å². The van der Waals surface area contributed by atoms with Crippen molar-refractivity contribution in [3.05, 3.63) is 82.2 Å². The van der Waals surface area contributed by atoms with Crippen LogP contribution >= 0.6 is 0 Å². The molecule has 1 amide bonds. The molecule has 6 aromatic rings. The summed E-state index contributed by atoms with van der Waals surface area (Å²) in [6.45, 7) is 13.6. The fourth-order valence-electron chi connectivity index (χ4n) is 7.34. The molecule has 0 saturated carbocycles. The Morgan fingerprint density at radius 3 is 2.41 bits per heavy atom. The van der Waals surface area contributed by atoms with E-state index in [1.165, 1.54) is 24.5 Å². The number of carbonyl (C=O) groups is 3. The molecule has 362 valence electrons. The molecule has 0 spiro atoms. The van der Waals surface area contributed by atoms with Crippen LogP contribution < -0.4 is 27.7 Å². The van der Waals surface area contributed by atoms with Gasteiger partial charge in [0, 0.05) is 29.3 Å². The number of nitrogens with one attached hydrogen (secondary N) is 3. The molecule has 0 aliphatic rings. The quantitative estimate of drug-likeness (QED) is 0.0257. The van der Waals surface area contributed by atoms with Crippen molar-refractivity contribution in [2.24, 2.45) is 4.99 Å². The summed E-state index contributed by atoms with van der Waals surface area (Å²) < 4.78 is 19.7. The third kappa shape index (κ3) is 13.3. The average molecular weight is 937 g/mol. The first-order valence-corrected chi connectivity index (χ1v) is 22.3. The van der Waals surface area contributed by atoms with E-state index < -0.39 is 52.6 Å². The van der Waals surface area contributed by atoms with E-state index in [9.17, 15) is 29.4 Å². The molecule has 6 rings (SSSR count). The molecule has 2 atom stereocenters. The molecular formula is C47H60N12O9. The van der Waals surface area contributed by atoms with E-state index in [0.717, 1.165) is 41.5 Å². The molecule has 21 heteroatoms. The number of amides is 1. The van der Waals surface area contributed by atoms with Gasteiger partial charge in [-0.3, -0.25) is 24.9 Å². The number of aliphatic carboxylic acids is 1. The summed E-state index contributed by atoms with van der Waals surface area (Å²) in [6.07, 6.45) is 3.67. The van der Waals surface area contributed by atoms with E-state index in [2.05, 4.69) is 52.0 Å². The molecule has 2 aromatic carbocycles. The number of nitrogen functional groups attached to an aromatic ring is 2. The van der Waals surface area contributed by atoms with Gasteiger partial charge in [0.2, 0.25) is 5.95 Å². The van der Waals surface area contributed by atoms with Crippen LogP contribution in [0.15, 0.2) is 64.5 Å². The number of aliphatic hydroxyl groups is 1. The normalized spacial score (nSPS) is 13.3. The minimum Gasteiger partial charge on any atom is -0.480 e. The van der Waals surface area contributed by atoms with Crippen LogP contribution in [0, 0.1) is 0 Å². The van der Waals surface area contributed by atoms with Gasteiger partial charge in [0.25, 0.3) is 11.5 Å². The second-order valence-corrected chi connectivity index (χ2v) is 18.4. The first-order chi connectivity index (χ1) is 32.1. The first kappa shape index (κ1) is 50.3. The zero-order valence-corrected chi connectivity index (χ0v) is 39.3. The number of carboxylic acid groups (broad SMARTS) is 1. The molecule has 4 aromatic heterocycles. The zero-order chi connectivity index (χ0) is 49.4. The largest absolute Gasteiger partial charge is 0.508 e. The minimum atomic E-state index is -1.29. The fraction of sp³-hybridized carbons (Fsp3) is 0.447. The third-order valence-corrected chi connectivity index (χ3v) is 10.9. The van der Waals surface area contributed by atoms with Crippen molar-refractivity contribution in [1.29, 1.82) is 0 Å². The van der Waals surface area contributed by atoms with Gasteiger partial charge in [0.1, 0.15) is 34.9 Å². The number of aryl methyl sites for hydroxylation is 1. The number of carboxylic acids is 1. The summed E-state index contributed by atoms with van der Waals surface area (Å²) in [6, 6.07) is 12.5. The molecule has 0 radical (unpaired) electrons. The minimum absolute atomic E-state index is 0.00184. The maximum Gasteiger partial charge on any atom is 0.508 e. The number of unbranched alkanes of at least 4 members (excludes halogenated alkanes) is 1. The third-order valence-electron chi connectivity index (χ3n) is 10.9. The van der Waals surface area contributed by atoms with E-state index in [-0.39, 0.29) is 54.4 Å². The number of H-pyrrole nitrogens is 1. The SMILES string of the molecule is CCCCc1nc2c(N)nc3ccccc3c2n1CC(C)(C)OC(=O)OCCC(C)(C)OCC(C)(C)NC(O)CCC(NC(=O)c1ccc(N=Cc2cnc3nc(N)[nH]c(=O)c3n2)cc1)C(=O)O. The highest BCUT2D eigenvalue weighted by Crippen LogP contribution is 2.31. The Morgan fingerprint density at radius 1 is 0.956 bits per heavy atom. The summed E-state index contributed by atoms with van der Waals surface area (Å²) in [5.41, 5.74) is 12.1. The van der Waals surface area contributed by atoms with Gasteiger partial charge >= 0.3 is 12.1 Å². The highest BCUT2D eigenvalue weighted by atomic mass is 16.7. The Labute approximate surface area is 392 Å². The number of aromatic amines is 1. The molecule has 0 fully saturated rings. The number of anilines is 2. The highest BCUT2D eigenvalue weighted by molar-refractivity contribution is 6.06. The fourth-order valence-corrected chi connectivity index (χ4v) is 7.34. The lowest BCUT2D eigenvalue weighted by atomic mass is 10.0. The molecule has 0 aliphatic heterocycles. The Hall–Kier alpha value is -7.10. The molecule has 0 saturated heterocycles. The topological polar surface area (TPSA) is 310 Å². The number of nitrogens with zero attached hydrogens (tertiary/aromatic N) is 7. The first-order valence-electron chi connectivity index (χ1n) is 22.3. The van der Waals surface area contributed by atoms with Crippen molar-refractivity contribution in [2.45, 2.75) is 123 Å². The van der Waals surface area contributed by atoms with Crippen molar-refractivity contribution in [3.63, 3.8) is 0 Å². The van der Waals surface area contributed by atoms with Crippen molar-refractivity contribution in [1.82, 2.24) is 45.1 Å². The summed E-state index contributed by atoms with van der Waals surface area (Å²) in [5, 5.41) is 27.2. The van der Waals surface area contributed by atoms with Gasteiger partial charge in [-0.05, 0) is 91.1 Å². The van der Waals surface area contributed by atoms with Crippen molar-refractivity contribution in [3.8, 4) is 0 Å². The van der Waals surface area contributed by atoms with Crippen LogP contribution in [0.3, 0.4) is 0 Å². The smallest absolute Gasteiger partial charge is 0.480 e. The predicted octanol–water partition coefficient (Wildman–Crippen LogP) is 5.34. The van der Waals surface area contributed by atoms with Gasteiger partial charge in [-0.2, -0.15) is 4.98 Å². The summed E-state index contributed by atoms with van der Waals surface area (Å²) in [4.78, 5) is 78.6. The zero-order valence-electron chi connectivity index (χ0n) is 39.3. The number of benzene rings is 2. The number of aliphatic hydroxyl groups excluding tert-OH is 1. The van der Waals surface area contributed by atoms with Crippen LogP contribution in [0.2, 0.25) is 0 Å². The van der Waals surface area contributed by atoms with Crippen molar-refractivity contribution < 1.29 is 38.8 Å². The number of hydrogen-bond acceptors (Lipinski definition) is 17.